The number of nitrogen functional groups attached to an aromatic ring is 1. The van der Waals surface area contributed by atoms with Crippen LogP contribution in [0.25, 0.3) is 0 Å². The number of β-lactam (4-membered cyclic amide) rings is 1. The normalized spacial score (nSPS) is 21.4. The first-order valence-corrected chi connectivity index (χ1v) is 13.7. The topological polar surface area (TPSA) is 204 Å². The number of hydrogen-bond donors (Lipinski definition) is 6. The summed E-state index contributed by atoms with van der Waals surface area (Å²) >= 11 is 2.50. The van der Waals surface area contributed by atoms with Gasteiger partial charge in [-0.1, -0.05) is 5.16 Å². The average molecular weight is 611 g/mol. The molecule has 0 aliphatic carbocycles. The number of nitrogens with two attached hydrogens (primary N) is 2. The van der Waals surface area contributed by atoms with E-state index >= 15 is 0 Å². The van der Waals surface area contributed by atoms with Crippen LogP contribution in [0.1, 0.15) is 5.69 Å². The quantitative estimate of drug-likeness (QED) is 0.108. The average Bonchev–Trinajstić information content (AvgIpc) is 3.54. The van der Waals surface area contributed by atoms with Crippen molar-refractivity contribution in [1.82, 2.24) is 35.9 Å². The van der Waals surface area contributed by atoms with Gasteiger partial charge in [0.25, 0.3) is 11.8 Å². The van der Waals surface area contributed by atoms with Gasteiger partial charge < -0.3 is 36.9 Å². The molecule has 1 aromatic rings. The Kier molecular flexibility index (Phi) is 8.77. The third-order valence-corrected chi connectivity index (χ3v) is 8.11. The zero-order valence-corrected chi connectivity index (χ0v) is 23.5. The zero-order valence-electron chi connectivity index (χ0n) is 21.1. The number of carbonyl (C=O) groups excluding carboxylic acids is 2. The molecule has 5 heterocycles. The van der Waals surface area contributed by atoms with Gasteiger partial charge in [0.15, 0.2) is 10.8 Å². The van der Waals surface area contributed by atoms with Gasteiger partial charge in [0.05, 0.1) is 0 Å². The van der Waals surface area contributed by atoms with Gasteiger partial charge in [-0.25, -0.2) is 14.8 Å². The van der Waals surface area contributed by atoms with Gasteiger partial charge in [0.1, 0.15) is 41.6 Å². The molecule has 0 saturated carbocycles. The number of carboxylic acid groups (broad SMARTS) is 1. The van der Waals surface area contributed by atoms with Crippen molar-refractivity contribution in [3.8, 4) is 0 Å². The molecule has 18 heteroatoms. The van der Waals surface area contributed by atoms with Crippen molar-refractivity contribution >= 4 is 64.1 Å². The molecular weight excluding hydrogens is 584 g/mol. The third kappa shape index (κ3) is 5.40. The van der Waals surface area contributed by atoms with E-state index in [-0.39, 0.29) is 41.2 Å². The van der Waals surface area contributed by atoms with Crippen molar-refractivity contribution in [2.75, 3.05) is 38.2 Å². The molecule has 0 unspecified atom stereocenters. The Morgan fingerprint density at radius 2 is 2.15 bits per heavy atom. The van der Waals surface area contributed by atoms with Crippen molar-refractivity contribution in [2.45, 2.75) is 11.4 Å². The lowest BCUT2D eigenvalue weighted by atomic mass is 10.0. The highest BCUT2D eigenvalue weighted by molar-refractivity contribution is 8.00. The number of nitrogens with zero attached hydrogens (tertiary/aromatic N) is 5. The minimum Gasteiger partial charge on any atom is -0.477 e. The largest absolute Gasteiger partial charge is 0.477 e. The number of allylic oxidation sites excluding steroid dienone is 2. The second-order valence-corrected chi connectivity index (χ2v) is 10.5. The summed E-state index contributed by atoms with van der Waals surface area (Å²) in [4.78, 5) is 50.3. The fourth-order valence-electron chi connectivity index (χ4n) is 4.39. The number of thioether (sulfide) groups is 1. The predicted molar refractivity (Wildman–Crippen MR) is 151 cm³/mol. The van der Waals surface area contributed by atoms with Crippen molar-refractivity contribution in [1.29, 1.82) is 0 Å². The maximum Gasteiger partial charge on any atom is 0.352 e. The summed E-state index contributed by atoms with van der Waals surface area (Å²) in [5.74, 6) is -0.481. The standard InChI is InChI=1S/C22H26N10O5S2.ClH/c1-37-29-15(12-10-39-22(24)26-12)18(33)27-16-19(34)32-17(21(35)36)11(9-38-20(16)32)8-30-6-7-31-14(30)3-2-13(28-31)25-5-4-23;/h2-3,6-7,10,16,20,25,28H,4-5,8-9,23H2,1H3,(H2,24,26)(H,27,33)(H,35,36);1H/b29-15-;/t16-,20+;/m1./s1. The maximum atomic E-state index is 13.1. The fourth-order valence-corrected chi connectivity index (χ4v) is 6.27. The minimum absolute atomic E-state index is 0. The van der Waals surface area contributed by atoms with Gasteiger partial charge in [-0.3, -0.25) is 19.9 Å². The first-order chi connectivity index (χ1) is 18.8. The number of aromatic nitrogens is 1. The number of halogens is 1. The number of thiazole rings is 1. The molecule has 2 atom stereocenters. The summed E-state index contributed by atoms with van der Waals surface area (Å²) in [6.45, 7) is 1.37. The van der Waals surface area contributed by atoms with Crippen LogP contribution in [-0.4, -0.2) is 92.3 Å². The molecule has 0 aromatic carbocycles. The van der Waals surface area contributed by atoms with E-state index in [0.717, 1.165) is 23.0 Å². The van der Waals surface area contributed by atoms with Crippen LogP contribution in [0, 0.1) is 0 Å². The van der Waals surface area contributed by atoms with E-state index in [1.807, 2.05) is 29.5 Å². The number of anilines is 1. The Labute approximate surface area is 243 Å². The number of aliphatic carboxylic acids is 1. The summed E-state index contributed by atoms with van der Waals surface area (Å²) in [6.07, 6.45) is 7.40. The lowest BCUT2D eigenvalue weighted by molar-refractivity contribution is -0.150. The monoisotopic (exact) mass is 610 g/mol. The van der Waals surface area contributed by atoms with E-state index in [0.29, 0.717) is 24.4 Å². The molecule has 5 rings (SSSR count). The van der Waals surface area contributed by atoms with Crippen LogP contribution in [0.2, 0.25) is 0 Å². The van der Waals surface area contributed by atoms with Crippen LogP contribution >= 0.6 is 35.5 Å². The first-order valence-electron chi connectivity index (χ1n) is 11.7. The molecule has 1 aromatic heterocycles. The highest BCUT2D eigenvalue weighted by Crippen LogP contribution is 2.41. The fraction of sp³-hybridized carbons (Fsp3) is 0.318. The third-order valence-electron chi connectivity index (χ3n) is 6.10. The van der Waals surface area contributed by atoms with E-state index in [9.17, 15) is 19.5 Å². The Bertz CT molecular complexity index is 1360. The molecule has 40 heavy (non-hydrogen) atoms. The number of oxime groups is 1. The number of hydrazine groups is 1. The van der Waals surface area contributed by atoms with Crippen LogP contribution in [0.15, 0.2) is 58.0 Å². The van der Waals surface area contributed by atoms with Crippen molar-refractivity contribution in [2.24, 2.45) is 10.9 Å². The van der Waals surface area contributed by atoms with Gasteiger partial charge in [-0.2, -0.15) is 0 Å². The Morgan fingerprint density at radius 3 is 2.83 bits per heavy atom. The number of hydrogen-bond acceptors (Lipinski definition) is 14. The zero-order chi connectivity index (χ0) is 27.7. The Hall–Kier alpha value is -3.93. The summed E-state index contributed by atoms with van der Waals surface area (Å²) < 4.78 is 0. The van der Waals surface area contributed by atoms with E-state index in [1.165, 1.54) is 23.8 Å². The van der Waals surface area contributed by atoms with E-state index in [1.54, 1.807) is 10.4 Å². The molecule has 4 aliphatic heterocycles. The molecule has 8 N–H and O–H groups in total. The SMILES string of the molecule is CO/N=C(\C(=O)N[C@@H]1C(=O)N2C(C(=O)O)=C(CN3C=CN4NC(NCCN)=CC=C34)CS[C@@H]12)c1csc(N)n1.Cl. The number of carbonyl (C=O) groups is 3. The highest BCUT2D eigenvalue weighted by atomic mass is 35.5. The molecule has 0 spiro atoms. The maximum absolute atomic E-state index is 13.1. The van der Waals surface area contributed by atoms with E-state index < -0.39 is 29.2 Å². The van der Waals surface area contributed by atoms with Crippen LogP contribution in [-0.2, 0) is 19.2 Å². The van der Waals surface area contributed by atoms with Gasteiger partial charge in [-0.15, -0.1) is 35.5 Å². The summed E-state index contributed by atoms with van der Waals surface area (Å²) in [5, 5.41) is 22.6. The minimum atomic E-state index is -1.21. The second kappa shape index (κ2) is 12.1. The molecule has 0 bridgehead atoms. The van der Waals surface area contributed by atoms with Gasteiger partial charge >= 0.3 is 5.97 Å². The molecule has 1 fully saturated rings. The molecule has 4 aliphatic rings. The van der Waals surface area contributed by atoms with Crippen molar-refractivity contribution < 1.29 is 24.3 Å². The molecule has 0 radical (unpaired) electrons. The van der Waals surface area contributed by atoms with Crippen LogP contribution < -0.4 is 27.5 Å². The van der Waals surface area contributed by atoms with Crippen LogP contribution in [0.5, 0.6) is 0 Å². The van der Waals surface area contributed by atoms with Gasteiger partial charge in [0.2, 0.25) is 0 Å². The predicted octanol–water partition coefficient (Wildman–Crippen LogP) is -0.926. The second-order valence-electron chi connectivity index (χ2n) is 8.54. The summed E-state index contributed by atoms with van der Waals surface area (Å²) in [5.41, 5.74) is 15.0. The smallest absolute Gasteiger partial charge is 0.352 e. The number of fused-ring (bicyclic) bond motifs is 2. The number of nitrogens with one attached hydrogen (secondary N) is 3. The van der Waals surface area contributed by atoms with Gasteiger partial charge in [-0.05, 0) is 17.7 Å². The lowest BCUT2D eigenvalue weighted by Crippen LogP contribution is -2.71. The summed E-state index contributed by atoms with van der Waals surface area (Å²) in [7, 11) is 1.28. The van der Waals surface area contributed by atoms with E-state index in [4.69, 9.17) is 16.3 Å². The first kappa shape index (κ1) is 29.1. The molecule has 1 saturated heterocycles. The van der Waals surface area contributed by atoms with Crippen molar-refractivity contribution in [3.05, 3.63) is 58.5 Å². The van der Waals surface area contributed by atoms with E-state index in [2.05, 4.69) is 26.2 Å². The molecular formula is C22H27ClN10O5S2. The lowest BCUT2D eigenvalue weighted by Gasteiger charge is -2.49. The van der Waals surface area contributed by atoms with Crippen molar-refractivity contribution in [3.63, 3.8) is 0 Å². The number of amides is 2. The highest BCUT2D eigenvalue weighted by Gasteiger charge is 2.54. The van der Waals surface area contributed by atoms with Crippen LogP contribution in [0.3, 0.4) is 0 Å². The number of carboxylic acids is 1. The number of rotatable bonds is 10. The molecule has 2 amide bonds. The molecule has 214 valence electrons. The Morgan fingerprint density at radius 1 is 1.35 bits per heavy atom. The summed E-state index contributed by atoms with van der Waals surface area (Å²) in [6, 6.07) is -0.937. The Balaban J connectivity index is 0.00000370. The van der Waals surface area contributed by atoms with Gasteiger partial charge in [0, 0.05) is 43.2 Å². The van der Waals surface area contributed by atoms with Crippen LogP contribution in [0.4, 0.5) is 5.13 Å². The molecule has 15 nitrogen and oxygen atoms in total.